The summed E-state index contributed by atoms with van der Waals surface area (Å²) >= 11 is 0. The molecule has 0 aliphatic heterocycles. The van der Waals surface area contributed by atoms with Crippen LogP contribution in [0.25, 0.3) is 0 Å². The fraction of sp³-hybridized carbons (Fsp3) is 0.636. The number of ether oxygens (including phenoxy) is 2. The van der Waals surface area contributed by atoms with Gasteiger partial charge in [0.25, 0.3) is 0 Å². The lowest BCUT2D eigenvalue weighted by Gasteiger charge is -2.17. The molecule has 0 aromatic carbocycles. The molecule has 0 amide bonds. The molecule has 0 radical (unpaired) electrons. The zero-order valence-corrected chi connectivity index (χ0v) is 10.2. The Morgan fingerprint density at radius 2 is 2.29 bits per heavy atom. The number of hydrogen-bond donors (Lipinski definition) is 2. The van der Waals surface area contributed by atoms with Crippen LogP contribution in [0.1, 0.15) is 13.3 Å². The number of nitrogens with zero attached hydrogens (tertiary/aromatic N) is 2. The number of nitrogens with one attached hydrogen (secondary N) is 1. The van der Waals surface area contributed by atoms with Crippen LogP contribution in [-0.4, -0.2) is 48.0 Å². The molecule has 0 aliphatic carbocycles. The molecule has 1 unspecified atom stereocenters. The summed E-state index contributed by atoms with van der Waals surface area (Å²) in [6.45, 7) is 3.07. The topological polar surface area (TPSA) is 76.5 Å². The van der Waals surface area contributed by atoms with Crippen molar-refractivity contribution in [1.29, 1.82) is 0 Å². The summed E-state index contributed by atoms with van der Waals surface area (Å²) in [4.78, 5) is 8.06. The maximum atomic E-state index is 8.93. The average molecular weight is 241 g/mol. The molecule has 1 atom stereocenters. The van der Waals surface area contributed by atoms with E-state index < -0.39 is 0 Å². The van der Waals surface area contributed by atoms with Crippen molar-refractivity contribution < 1.29 is 14.6 Å². The van der Waals surface area contributed by atoms with Gasteiger partial charge in [0.2, 0.25) is 5.88 Å². The Balaban J connectivity index is 2.60. The van der Waals surface area contributed by atoms with Crippen molar-refractivity contribution in [2.75, 3.05) is 32.2 Å². The van der Waals surface area contributed by atoms with E-state index in [1.165, 1.54) is 6.33 Å². The Labute approximate surface area is 101 Å². The average Bonchev–Trinajstić information content (AvgIpc) is 2.30. The van der Waals surface area contributed by atoms with E-state index in [1.807, 2.05) is 6.92 Å². The van der Waals surface area contributed by atoms with Crippen LogP contribution in [-0.2, 0) is 4.74 Å². The van der Waals surface area contributed by atoms with Crippen molar-refractivity contribution in [3.63, 3.8) is 0 Å². The largest absolute Gasteiger partial charge is 0.478 e. The first-order valence-electron chi connectivity index (χ1n) is 5.61. The van der Waals surface area contributed by atoms with Crippen LogP contribution in [0.3, 0.4) is 0 Å². The molecule has 6 heteroatoms. The van der Waals surface area contributed by atoms with Crippen molar-refractivity contribution >= 4 is 5.82 Å². The summed E-state index contributed by atoms with van der Waals surface area (Å²) in [5.74, 6) is 1.20. The zero-order chi connectivity index (χ0) is 12.5. The molecule has 0 fully saturated rings. The maximum absolute atomic E-state index is 8.93. The first kappa shape index (κ1) is 13.7. The van der Waals surface area contributed by atoms with Crippen molar-refractivity contribution in [2.45, 2.75) is 19.4 Å². The highest BCUT2D eigenvalue weighted by atomic mass is 16.5. The third-order valence-corrected chi connectivity index (χ3v) is 2.13. The molecule has 96 valence electrons. The lowest BCUT2D eigenvalue weighted by molar-refractivity contribution is 0.170. The Hall–Kier alpha value is -1.40. The number of aliphatic hydroxyl groups excluding tert-OH is 1. The summed E-state index contributed by atoms with van der Waals surface area (Å²) in [5, 5.41) is 12.1. The molecule has 0 spiro atoms. The van der Waals surface area contributed by atoms with Gasteiger partial charge < -0.3 is 19.9 Å². The van der Waals surface area contributed by atoms with Crippen LogP contribution in [0, 0.1) is 0 Å². The first-order chi connectivity index (χ1) is 8.30. The van der Waals surface area contributed by atoms with Crippen LogP contribution >= 0.6 is 0 Å². The molecular formula is C11H19N3O3. The molecule has 0 aliphatic rings. The normalized spacial score (nSPS) is 12.2. The zero-order valence-electron chi connectivity index (χ0n) is 10.2. The molecule has 2 N–H and O–H groups in total. The monoisotopic (exact) mass is 241 g/mol. The van der Waals surface area contributed by atoms with Crippen LogP contribution in [0.2, 0.25) is 0 Å². The SMILES string of the molecule is CCOc1cc(NC(CCO)COC)ncn1. The molecule has 1 aromatic heterocycles. The lowest BCUT2D eigenvalue weighted by atomic mass is 10.2. The van der Waals surface area contributed by atoms with Crippen LogP contribution in [0.15, 0.2) is 12.4 Å². The van der Waals surface area contributed by atoms with E-state index in [4.69, 9.17) is 14.6 Å². The van der Waals surface area contributed by atoms with Gasteiger partial charge >= 0.3 is 0 Å². The van der Waals surface area contributed by atoms with E-state index >= 15 is 0 Å². The van der Waals surface area contributed by atoms with E-state index in [9.17, 15) is 0 Å². The number of hydrogen-bond acceptors (Lipinski definition) is 6. The van der Waals surface area contributed by atoms with Crippen molar-refractivity contribution in [3.8, 4) is 5.88 Å². The quantitative estimate of drug-likeness (QED) is 0.697. The number of aliphatic hydroxyl groups is 1. The molecular weight excluding hydrogens is 222 g/mol. The van der Waals surface area contributed by atoms with Gasteiger partial charge in [0.15, 0.2) is 0 Å². The van der Waals surface area contributed by atoms with E-state index in [0.717, 1.165) is 0 Å². The van der Waals surface area contributed by atoms with Crippen LogP contribution in [0.4, 0.5) is 5.82 Å². The molecule has 1 rings (SSSR count). The fourth-order valence-corrected chi connectivity index (χ4v) is 1.41. The van der Waals surface area contributed by atoms with Gasteiger partial charge in [-0.05, 0) is 13.3 Å². The summed E-state index contributed by atoms with van der Waals surface area (Å²) in [6.07, 6.45) is 2.04. The van der Waals surface area contributed by atoms with Crippen molar-refractivity contribution in [2.24, 2.45) is 0 Å². The number of methoxy groups -OCH3 is 1. The van der Waals surface area contributed by atoms with Gasteiger partial charge in [-0.15, -0.1) is 0 Å². The van der Waals surface area contributed by atoms with Crippen LogP contribution < -0.4 is 10.1 Å². The van der Waals surface area contributed by atoms with E-state index in [-0.39, 0.29) is 12.6 Å². The molecule has 17 heavy (non-hydrogen) atoms. The van der Waals surface area contributed by atoms with E-state index in [2.05, 4.69) is 15.3 Å². The minimum atomic E-state index is 0.0226. The standard InChI is InChI=1S/C11H19N3O3/c1-3-17-11-6-10(12-8-13-11)14-9(4-5-15)7-16-2/h6,8-9,15H,3-5,7H2,1-2H3,(H,12,13,14). The fourth-order valence-electron chi connectivity index (χ4n) is 1.41. The predicted molar refractivity (Wildman–Crippen MR) is 64.2 cm³/mol. The van der Waals surface area contributed by atoms with E-state index in [0.29, 0.717) is 31.3 Å². The molecule has 6 nitrogen and oxygen atoms in total. The van der Waals surface area contributed by atoms with Gasteiger partial charge in [0, 0.05) is 19.8 Å². The second kappa shape index (κ2) is 7.81. The van der Waals surface area contributed by atoms with Gasteiger partial charge in [0.1, 0.15) is 12.1 Å². The molecule has 0 saturated heterocycles. The summed E-state index contributed by atoms with van der Waals surface area (Å²) in [5.41, 5.74) is 0. The number of anilines is 1. The first-order valence-corrected chi connectivity index (χ1v) is 5.61. The minimum Gasteiger partial charge on any atom is -0.478 e. The predicted octanol–water partition coefficient (Wildman–Crippen LogP) is 0.685. The van der Waals surface area contributed by atoms with Gasteiger partial charge in [0.05, 0.1) is 19.3 Å². The molecule has 0 bridgehead atoms. The van der Waals surface area contributed by atoms with Crippen molar-refractivity contribution in [3.05, 3.63) is 12.4 Å². The summed E-state index contributed by atoms with van der Waals surface area (Å²) in [7, 11) is 1.62. The second-order valence-corrected chi connectivity index (χ2v) is 3.48. The molecule has 0 saturated carbocycles. The Morgan fingerprint density at radius 3 is 2.94 bits per heavy atom. The van der Waals surface area contributed by atoms with Gasteiger partial charge in [-0.3, -0.25) is 0 Å². The number of rotatable bonds is 8. The molecule has 1 heterocycles. The summed E-state index contributed by atoms with van der Waals surface area (Å²) in [6, 6.07) is 1.75. The lowest BCUT2D eigenvalue weighted by Crippen LogP contribution is -2.26. The van der Waals surface area contributed by atoms with Gasteiger partial charge in [-0.25, -0.2) is 9.97 Å². The minimum absolute atomic E-state index is 0.0226. The van der Waals surface area contributed by atoms with Crippen LogP contribution in [0.5, 0.6) is 5.88 Å². The van der Waals surface area contributed by atoms with Gasteiger partial charge in [-0.2, -0.15) is 0 Å². The highest BCUT2D eigenvalue weighted by Gasteiger charge is 2.09. The highest BCUT2D eigenvalue weighted by Crippen LogP contribution is 2.12. The molecule has 1 aromatic rings. The second-order valence-electron chi connectivity index (χ2n) is 3.48. The van der Waals surface area contributed by atoms with Gasteiger partial charge in [-0.1, -0.05) is 0 Å². The van der Waals surface area contributed by atoms with E-state index in [1.54, 1.807) is 13.2 Å². The number of aromatic nitrogens is 2. The highest BCUT2D eigenvalue weighted by molar-refractivity contribution is 5.38. The Bertz CT molecular complexity index is 317. The Morgan fingerprint density at radius 1 is 1.47 bits per heavy atom. The maximum Gasteiger partial charge on any atom is 0.218 e. The third-order valence-electron chi connectivity index (χ3n) is 2.13. The summed E-state index contributed by atoms with van der Waals surface area (Å²) < 4.78 is 10.3. The smallest absolute Gasteiger partial charge is 0.218 e. The third kappa shape index (κ3) is 4.97. The Kier molecular flexibility index (Phi) is 6.27. The van der Waals surface area contributed by atoms with Crippen molar-refractivity contribution in [1.82, 2.24) is 9.97 Å².